The standard InChI is InChI=1S/C3Cl2INO2/c4-3(5,6)2(9)7-1-8. The third kappa shape index (κ3) is 3.86. The van der Waals surface area contributed by atoms with Crippen LogP contribution in [0.2, 0.25) is 0 Å². The van der Waals surface area contributed by atoms with Crippen LogP contribution in [0.1, 0.15) is 0 Å². The molecule has 9 heavy (non-hydrogen) atoms. The Bertz CT molecular complexity index is 169. The molecule has 0 atom stereocenters. The molecule has 0 radical (unpaired) electrons. The van der Waals surface area contributed by atoms with Crippen LogP contribution in [0.25, 0.3) is 0 Å². The van der Waals surface area contributed by atoms with E-state index in [1.54, 1.807) is 0 Å². The first-order chi connectivity index (χ1) is 3.98. The maximum absolute atomic E-state index is 10.4. The van der Waals surface area contributed by atoms with E-state index in [9.17, 15) is 9.59 Å². The zero-order valence-electron chi connectivity index (χ0n) is 3.90. The van der Waals surface area contributed by atoms with Gasteiger partial charge < -0.3 is 0 Å². The molecule has 0 heterocycles. The number of hydrogen-bond acceptors (Lipinski definition) is 2. The summed E-state index contributed by atoms with van der Waals surface area (Å²) in [5, 5.41) is 0. The van der Waals surface area contributed by atoms with Crippen molar-refractivity contribution in [3.63, 3.8) is 0 Å². The third-order valence-corrected chi connectivity index (χ3v) is 1.17. The second kappa shape index (κ2) is 3.51. The highest BCUT2D eigenvalue weighted by Crippen LogP contribution is 2.30. The molecule has 50 valence electrons. The van der Waals surface area contributed by atoms with Crippen LogP contribution in [-0.2, 0) is 9.59 Å². The van der Waals surface area contributed by atoms with Crippen molar-refractivity contribution in [1.29, 1.82) is 0 Å². The average Bonchev–Trinajstić information content (AvgIpc) is 1.64. The minimum Gasteiger partial charge on any atom is -0.267 e. The number of halogens is 3. The first kappa shape index (κ1) is 9.36. The molecule has 0 rings (SSSR count). The zero-order valence-corrected chi connectivity index (χ0v) is 7.57. The monoisotopic (exact) mass is 279 g/mol. The van der Waals surface area contributed by atoms with Crippen LogP contribution in [0, 0.1) is 0 Å². The van der Waals surface area contributed by atoms with Gasteiger partial charge in [0.15, 0.2) is 0 Å². The molecule has 6 heteroatoms. The van der Waals surface area contributed by atoms with E-state index in [4.69, 9.17) is 23.2 Å². The summed E-state index contributed by atoms with van der Waals surface area (Å²) >= 11 is 11.8. The molecular formula is C3Cl2INO2. The summed E-state index contributed by atoms with van der Waals surface area (Å²) < 4.78 is -1.64. The maximum Gasteiger partial charge on any atom is 0.302 e. The molecule has 3 nitrogen and oxygen atoms in total. The van der Waals surface area contributed by atoms with Crippen molar-refractivity contribution in [2.45, 2.75) is 2.34 Å². The van der Waals surface area contributed by atoms with Gasteiger partial charge in [0, 0.05) is 0 Å². The number of amides is 1. The summed E-state index contributed by atoms with van der Waals surface area (Å²) in [6, 6.07) is 0. The smallest absolute Gasteiger partial charge is 0.267 e. The average molecular weight is 280 g/mol. The number of rotatable bonds is 1. The molecule has 0 aromatic carbocycles. The molecule has 0 aromatic heterocycles. The van der Waals surface area contributed by atoms with E-state index >= 15 is 0 Å². The summed E-state index contributed by atoms with van der Waals surface area (Å²) in [7, 11) is 0. The molecular weight excluding hydrogens is 280 g/mol. The summed E-state index contributed by atoms with van der Waals surface area (Å²) in [6.07, 6.45) is 1.03. The lowest BCUT2D eigenvalue weighted by Gasteiger charge is -2.01. The lowest BCUT2D eigenvalue weighted by Crippen LogP contribution is -2.14. The molecule has 0 aliphatic heterocycles. The highest BCUT2D eigenvalue weighted by Gasteiger charge is 2.29. The van der Waals surface area contributed by atoms with Crippen LogP contribution in [0.5, 0.6) is 0 Å². The highest BCUT2D eigenvalue weighted by atomic mass is 127. The Morgan fingerprint density at radius 3 is 2.22 bits per heavy atom. The van der Waals surface area contributed by atoms with Gasteiger partial charge in [0.05, 0.1) is 0 Å². The first-order valence-corrected chi connectivity index (χ1v) is 3.51. The minimum atomic E-state index is -1.64. The number of nitrogens with zero attached hydrogens (tertiary/aromatic N) is 1. The van der Waals surface area contributed by atoms with Crippen molar-refractivity contribution in [1.82, 2.24) is 0 Å². The first-order valence-electron chi connectivity index (χ1n) is 1.67. The van der Waals surface area contributed by atoms with Crippen molar-refractivity contribution in [3.8, 4) is 0 Å². The van der Waals surface area contributed by atoms with Crippen LogP contribution in [-0.4, -0.2) is 14.3 Å². The fourth-order valence-electron chi connectivity index (χ4n) is 0.105. The van der Waals surface area contributed by atoms with E-state index in [2.05, 4.69) is 4.99 Å². The molecule has 1 amide bonds. The lowest BCUT2D eigenvalue weighted by atomic mass is 10.7. The lowest BCUT2D eigenvalue weighted by molar-refractivity contribution is -0.116. The topological polar surface area (TPSA) is 46.5 Å². The van der Waals surface area contributed by atoms with Crippen molar-refractivity contribution in [3.05, 3.63) is 0 Å². The zero-order chi connectivity index (χ0) is 7.49. The number of aliphatic imine (C=N–C) groups is 1. The van der Waals surface area contributed by atoms with Gasteiger partial charge in [-0.2, -0.15) is 0 Å². The molecule has 0 saturated heterocycles. The van der Waals surface area contributed by atoms with Crippen molar-refractivity contribution in [2.24, 2.45) is 4.99 Å². The van der Waals surface area contributed by atoms with E-state index < -0.39 is 8.25 Å². The van der Waals surface area contributed by atoms with Gasteiger partial charge in [-0.25, -0.2) is 4.79 Å². The van der Waals surface area contributed by atoms with E-state index in [-0.39, 0.29) is 0 Å². The predicted octanol–water partition coefficient (Wildman–Crippen LogP) is 1.42. The number of carbonyl (C=O) groups excluding carboxylic acids is 2. The van der Waals surface area contributed by atoms with Gasteiger partial charge in [0.25, 0.3) is 0 Å². The second-order valence-electron chi connectivity index (χ2n) is 1.01. The number of hydrogen-bond donors (Lipinski definition) is 0. The molecule has 0 fully saturated rings. The molecule has 0 spiro atoms. The maximum atomic E-state index is 10.4. The normalized spacial score (nSPS) is 10.1. The Morgan fingerprint density at radius 1 is 1.67 bits per heavy atom. The Balaban J connectivity index is 4.22. The summed E-state index contributed by atoms with van der Waals surface area (Å²) in [5.74, 6) is -0.915. The van der Waals surface area contributed by atoms with Gasteiger partial charge in [0.2, 0.25) is 8.42 Å². The Morgan fingerprint density at radius 2 is 2.11 bits per heavy atom. The molecule has 0 unspecified atom stereocenters. The second-order valence-corrected chi connectivity index (χ2v) is 5.23. The Kier molecular flexibility index (Phi) is 3.65. The highest BCUT2D eigenvalue weighted by molar-refractivity contribution is 14.1. The summed E-state index contributed by atoms with van der Waals surface area (Å²) in [4.78, 5) is 22.5. The largest absolute Gasteiger partial charge is 0.302 e. The van der Waals surface area contributed by atoms with E-state index in [0.717, 1.165) is 6.08 Å². The summed E-state index contributed by atoms with van der Waals surface area (Å²) in [6.45, 7) is 0. The quantitative estimate of drug-likeness (QED) is 0.315. The summed E-state index contributed by atoms with van der Waals surface area (Å²) in [5.41, 5.74) is 0. The van der Waals surface area contributed by atoms with Gasteiger partial charge in [-0.15, -0.1) is 4.99 Å². The number of alkyl halides is 3. The SMILES string of the molecule is O=C=NC(=O)C(Cl)(Cl)I. The molecule has 0 aliphatic carbocycles. The van der Waals surface area contributed by atoms with Crippen LogP contribution >= 0.6 is 45.8 Å². The molecule has 0 aliphatic rings. The van der Waals surface area contributed by atoms with E-state index in [1.807, 2.05) is 0 Å². The van der Waals surface area contributed by atoms with Crippen LogP contribution < -0.4 is 0 Å². The van der Waals surface area contributed by atoms with E-state index in [0.29, 0.717) is 0 Å². The van der Waals surface area contributed by atoms with Gasteiger partial charge in [0.1, 0.15) is 0 Å². The molecule has 0 saturated carbocycles. The fraction of sp³-hybridized carbons (Fsp3) is 0.333. The van der Waals surface area contributed by atoms with Crippen molar-refractivity contribution < 1.29 is 9.59 Å². The van der Waals surface area contributed by atoms with Crippen LogP contribution in [0.3, 0.4) is 0 Å². The Hall–Kier alpha value is 0.360. The minimum absolute atomic E-state index is 0.915. The molecule has 0 aromatic rings. The van der Waals surface area contributed by atoms with Crippen LogP contribution in [0.4, 0.5) is 0 Å². The van der Waals surface area contributed by atoms with Crippen molar-refractivity contribution >= 4 is 57.8 Å². The van der Waals surface area contributed by atoms with Gasteiger partial charge in [-0.3, -0.25) is 4.79 Å². The van der Waals surface area contributed by atoms with Gasteiger partial charge >= 0.3 is 5.91 Å². The molecule has 0 bridgehead atoms. The van der Waals surface area contributed by atoms with Crippen molar-refractivity contribution in [2.75, 3.05) is 0 Å². The third-order valence-electron chi connectivity index (χ3n) is 0.390. The molecule has 0 N–H and O–H groups in total. The fourth-order valence-corrected chi connectivity index (χ4v) is 0.310. The predicted molar refractivity (Wildman–Crippen MR) is 41.6 cm³/mol. The Labute approximate surface area is 74.6 Å². The number of carbonyl (C=O) groups is 1. The number of isocyanates is 1. The van der Waals surface area contributed by atoms with E-state index in [1.165, 1.54) is 22.6 Å². The van der Waals surface area contributed by atoms with Crippen LogP contribution in [0.15, 0.2) is 4.99 Å². The van der Waals surface area contributed by atoms with Gasteiger partial charge in [-0.1, -0.05) is 23.2 Å². The van der Waals surface area contributed by atoms with Gasteiger partial charge in [-0.05, 0) is 22.6 Å².